The number of fused-ring (bicyclic) bond motifs is 3. The molecule has 1 fully saturated rings. The molecule has 0 nitrogen and oxygen atoms in total. The molecular formula is C18H30. The summed E-state index contributed by atoms with van der Waals surface area (Å²) in [6.07, 6.45) is 9.98. The Morgan fingerprint density at radius 2 is 1.61 bits per heavy atom. The van der Waals surface area contributed by atoms with Gasteiger partial charge in [0.25, 0.3) is 0 Å². The maximum Gasteiger partial charge on any atom is -0.0190 e. The summed E-state index contributed by atoms with van der Waals surface area (Å²) in [5.74, 6) is 0.929. The number of hydrogen-bond acceptors (Lipinski definition) is 0. The summed E-state index contributed by atoms with van der Waals surface area (Å²) in [4.78, 5) is 0. The van der Waals surface area contributed by atoms with Crippen molar-refractivity contribution < 1.29 is 0 Å². The van der Waals surface area contributed by atoms with Crippen molar-refractivity contribution in [3.63, 3.8) is 0 Å². The lowest BCUT2D eigenvalue weighted by atomic mass is 9.51. The highest BCUT2D eigenvalue weighted by atomic mass is 14.5. The molecule has 0 heterocycles. The number of hydrogen-bond donors (Lipinski definition) is 0. The lowest BCUT2D eigenvalue weighted by Crippen LogP contribution is -2.41. The summed E-state index contributed by atoms with van der Waals surface area (Å²) in [6.45, 7) is 12.5. The first kappa shape index (κ1) is 12.8. The third-order valence-electron chi connectivity index (χ3n) is 5.79. The van der Waals surface area contributed by atoms with Gasteiger partial charge in [-0.05, 0) is 67.1 Å². The van der Waals surface area contributed by atoms with E-state index in [0.717, 1.165) is 5.92 Å². The zero-order valence-electron chi connectivity index (χ0n) is 13.0. The van der Waals surface area contributed by atoms with E-state index in [9.17, 15) is 0 Å². The monoisotopic (exact) mass is 246 g/mol. The molecule has 0 saturated heterocycles. The second kappa shape index (κ2) is 3.64. The fourth-order valence-electron chi connectivity index (χ4n) is 5.63. The fraction of sp³-hybridized carbons (Fsp3) is 0.889. The normalized spacial score (nSPS) is 41.5. The minimum atomic E-state index is 0.566. The minimum absolute atomic E-state index is 0.566. The van der Waals surface area contributed by atoms with Crippen LogP contribution in [0.5, 0.6) is 0 Å². The van der Waals surface area contributed by atoms with Crippen molar-refractivity contribution in [1.82, 2.24) is 0 Å². The highest BCUT2D eigenvalue weighted by Crippen LogP contribution is 2.60. The van der Waals surface area contributed by atoms with Crippen LogP contribution in [0, 0.1) is 22.2 Å². The summed E-state index contributed by atoms with van der Waals surface area (Å²) in [5, 5.41) is 0. The van der Waals surface area contributed by atoms with Crippen LogP contribution in [0.25, 0.3) is 0 Å². The smallest absolute Gasteiger partial charge is 0.0190 e. The van der Waals surface area contributed by atoms with Crippen LogP contribution < -0.4 is 0 Å². The van der Waals surface area contributed by atoms with Crippen LogP contribution in [0.1, 0.15) is 79.6 Å². The van der Waals surface area contributed by atoms with E-state index in [4.69, 9.17) is 0 Å². The van der Waals surface area contributed by atoms with Crippen molar-refractivity contribution in [2.24, 2.45) is 22.2 Å². The van der Waals surface area contributed by atoms with Gasteiger partial charge in [0.15, 0.2) is 0 Å². The van der Waals surface area contributed by atoms with Gasteiger partial charge >= 0.3 is 0 Å². The summed E-state index contributed by atoms with van der Waals surface area (Å²) in [5.41, 5.74) is 5.53. The predicted octanol–water partition coefficient (Wildman–Crippen LogP) is 5.73. The molecule has 0 amide bonds. The zero-order chi connectivity index (χ0) is 13.2. The van der Waals surface area contributed by atoms with Gasteiger partial charge in [0.05, 0.1) is 0 Å². The molecule has 3 aliphatic carbocycles. The Bertz CT molecular complexity index is 396. The molecule has 1 saturated carbocycles. The maximum absolute atomic E-state index is 2.56. The SMILES string of the molecule is CC1(C)CCC2=C(C1)CC1(C)CC2CC(C)(C)C1. The lowest BCUT2D eigenvalue weighted by molar-refractivity contribution is 0.0465. The van der Waals surface area contributed by atoms with Crippen molar-refractivity contribution >= 4 is 0 Å². The lowest BCUT2D eigenvalue weighted by Gasteiger charge is -2.54. The summed E-state index contributed by atoms with van der Waals surface area (Å²) in [6, 6.07) is 0. The molecule has 0 aromatic heterocycles. The first-order valence-corrected chi connectivity index (χ1v) is 7.89. The van der Waals surface area contributed by atoms with Crippen molar-refractivity contribution in [3.8, 4) is 0 Å². The van der Waals surface area contributed by atoms with Gasteiger partial charge in [-0.3, -0.25) is 0 Å². The standard InChI is InChI=1S/C18H30/c1-16(2)7-6-15-13(8-16)10-18(5)11-14(15)9-17(3,4)12-18/h14H,6-12H2,1-5H3. The Morgan fingerprint density at radius 3 is 2.33 bits per heavy atom. The molecule has 2 unspecified atom stereocenters. The van der Waals surface area contributed by atoms with Crippen molar-refractivity contribution in [1.29, 1.82) is 0 Å². The van der Waals surface area contributed by atoms with Crippen LogP contribution in [0.3, 0.4) is 0 Å². The molecule has 102 valence electrons. The summed E-state index contributed by atoms with van der Waals surface area (Å²) < 4.78 is 0. The molecule has 0 radical (unpaired) electrons. The Morgan fingerprint density at radius 1 is 0.889 bits per heavy atom. The van der Waals surface area contributed by atoms with Crippen LogP contribution in [-0.2, 0) is 0 Å². The maximum atomic E-state index is 2.56. The van der Waals surface area contributed by atoms with Gasteiger partial charge < -0.3 is 0 Å². The molecule has 0 spiro atoms. The molecule has 2 bridgehead atoms. The second-order valence-corrected chi connectivity index (χ2v) is 9.40. The Labute approximate surface area is 113 Å². The van der Waals surface area contributed by atoms with Crippen molar-refractivity contribution in [3.05, 3.63) is 11.1 Å². The quantitative estimate of drug-likeness (QED) is 0.479. The molecule has 0 aromatic rings. The Kier molecular flexibility index (Phi) is 2.58. The van der Waals surface area contributed by atoms with E-state index in [2.05, 4.69) is 34.6 Å². The highest BCUT2D eigenvalue weighted by molar-refractivity contribution is 5.28. The third kappa shape index (κ3) is 2.17. The van der Waals surface area contributed by atoms with Crippen LogP contribution >= 0.6 is 0 Å². The molecule has 0 aromatic carbocycles. The van der Waals surface area contributed by atoms with E-state index in [-0.39, 0.29) is 0 Å². The Hall–Kier alpha value is -0.260. The van der Waals surface area contributed by atoms with E-state index < -0.39 is 0 Å². The van der Waals surface area contributed by atoms with E-state index >= 15 is 0 Å². The van der Waals surface area contributed by atoms with Gasteiger partial charge in [0.1, 0.15) is 0 Å². The Balaban J connectivity index is 1.95. The van der Waals surface area contributed by atoms with E-state index in [0.29, 0.717) is 16.2 Å². The zero-order valence-corrected chi connectivity index (χ0v) is 13.0. The molecular weight excluding hydrogens is 216 g/mol. The van der Waals surface area contributed by atoms with Gasteiger partial charge in [-0.15, -0.1) is 0 Å². The predicted molar refractivity (Wildman–Crippen MR) is 78.5 cm³/mol. The fourth-order valence-corrected chi connectivity index (χ4v) is 5.63. The van der Waals surface area contributed by atoms with Gasteiger partial charge in [-0.1, -0.05) is 45.8 Å². The van der Waals surface area contributed by atoms with E-state index in [1.165, 1.54) is 44.9 Å². The van der Waals surface area contributed by atoms with E-state index in [1.54, 1.807) is 0 Å². The summed E-state index contributed by atoms with van der Waals surface area (Å²) in [7, 11) is 0. The molecule has 0 N–H and O–H groups in total. The van der Waals surface area contributed by atoms with E-state index in [1.807, 2.05) is 11.1 Å². The molecule has 3 rings (SSSR count). The van der Waals surface area contributed by atoms with Gasteiger partial charge in [0.2, 0.25) is 0 Å². The molecule has 2 atom stereocenters. The molecule has 18 heavy (non-hydrogen) atoms. The topological polar surface area (TPSA) is 0 Å². The average Bonchev–Trinajstić information content (AvgIpc) is 2.10. The minimum Gasteiger partial charge on any atom is -0.0697 e. The molecule has 0 heteroatoms. The largest absolute Gasteiger partial charge is 0.0697 e. The summed E-state index contributed by atoms with van der Waals surface area (Å²) >= 11 is 0. The van der Waals surface area contributed by atoms with Crippen LogP contribution in [0.4, 0.5) is 0 Å². The molecule has 3 aliphatic rings. The van der Waals surface area contributed by atoms with Crippen LogP contribution in [0.15, 0.2) is 11.1 Å². The second-order valence-electron chi connectivity index (χ2n) is 9.40. The first-order valence-electron chi connectivity index (χ1n) is 7.89. The third-order valence-corrected chi connectivity index (χ3v) is 5.79. The van der Waals surface area contributed by atoms with Crippen LogP contribution in [0.2, 0.25) is 0 Å². The average molecular weight is 246 g/mol. The van der Waals surface area contributed by atoms with Gasteiger partial charge in [-0.2, -0.15) is 0 Å². The number of rotatable bonds is 0. The van der Waals surface area contributed by atoms with Crippen LogP contribution in [-0.4, -0.2) is 0 Å². The van der Waals surface area contributed by atoms with Crippen molar-refractivity contribution in [2.45, 2.75) is 79.6 Å². The number of allylic oxidation sites excluding steroid dienone is 2. The molecule has 0 aliphatic heterocycles. The van der Waals surface area contributed by atoms with Gasteiger partial charge in [0, 0.05) is 0 Å². The highest BCUT2D eigenvalue weighted by Gasteiger charge is 2.47. The van der Waals surface area contributed by atoms with Crippen molar-refractivity contribution in [2.75, 3.05) is 0 Å². The van der Waals surface area contributed by atoms with Gasteiger partial charge in [-0.25, -0.2) is 0 Å². The first-order chi connectivity index (χ1) is 8.18.